The molecule has 0 amide bonds. The van der Waals surface area contributed by atoms with Crippen LogP contribution in [-0.2, 0) is 6.61 Å². The van der Waals surface area contributed by atoms with E-state index in [0.29, 0.717) is 28.9 Å². The first-order valence-corrected chi connectivity index (χ1v) is 9.94. The van der Waals surface area contributed by atoms with Crippen LogP contribution in [0.2, 0.25) is 0 Å². The molecule has 0 saturated carbocycles. The number of nitrogens with zero attached hydrogens (tertiary/aromatic N) is 4. The number of benzene rings is 1. The molecule has 2 N–H and O–H groups in total. The summed E-state index contributed by atoms with van der Waals surface area (Å²) in [5.41, 5.74) is 4.40. The minimum Gasteiger partial charge on any atom is -0.392 e. The second kappa shape index (κ2) is 8.20. The van der Waals surface area contributed by atoms with Crippen LogP contribution in [-0.4, -0.2) is 30.5 Å². The standard InChI is InChI=1S/C23H24FN5O/c1-14(2)15(3)26-23-25-10-8-19(27-23)22-21(17-4-6-18(24)7-5-17)28-20-12-16(13-30)9-11-29(20)22/h4-12,14-15,30H,13H2,1-3H3,(H,25,26,27)/t15-/m0/s1. The van der Waals surface area contributed by atoms with Gasteiger partial charge in [-0.25, -0.2) is 19.3 Å². The molecule has 0 saturated heterocycles. The number of halogens is 1. The van der Waals surface area contributed by atoms with Gasteiger partial charge >= 0.3 is 0 Å². The molecule has 0 aliphatic rings. The Labute approximate surface area is 174 Å². The number of imidazole rings is 1. The van der Waals surface area contributed by atoms with Crippen LogP contribution in [0, 0.1) is 11.7 Å². The van der Waals surface area contributed by atoms with Crippen molar-refractivity contribution in [3.8, 4) is 22.6 Å². The van der Waals surface area contributed by atoms with E-state index in [1.54, 1.807) is 18.3 Å². The number of aromatic nitrogens is 4. The van der Waals surface area contributed by atoms with Gasteiger partial charge in [-0.05, 0) is 60.9 Å². The maximum absolute atomic E-state index is 13.5. The lowest BCUT2D eigenvalue weighted by Crippen LogP contribution is -2.22. The first-order chi connectivity index (χ1) is 14.5. The highest BCUT2D eigenvalue weighted by atomic mass is 19.1. The Morgan fingerprint density at radius 3 is 2.53 bits per heavy atom. The molecule has 6 nitrogen and oxygen atoms in total. The molecule has 3 aromatic heterocycles. The monoisotopic (exact) mass is 405 g/mol. The first kappa shape index (κ1) is 20.0. The van der Waals surface area contributed by atoms with E-state index in [4.69, 9.17) is 9.97 Å². The lowest BCUT2D eigenvalue weighted by atomic mass is 10.1. The van der Waals surface area contributed by atoms with Crippen molar-refractivity contribution < 1.29 is 9.50 Å². The molecule has 0 radical (unpaired) electrons. The molecule has 3 heterocycles. The molecular weight excluding hydrogens is 381 g/mol. The smallest absolute Gasteiger partial charge is 0.223 e. The zero-order valence-corrected chi connectivity index (χ0v) is 17.2. The summed E-state index contributed by atoms with van der Waals surface area (Å²) < 4.78 is 15.4. The highest BCUT2D eigenvalue weighted by molar-refractivity contribution is 5.80. The third-order valence-corrected chi connectivity index (χ3v) is 5.25. The summed E-state index contributed by atoms with van der Waals surface area (Å²) in [4.78, 5) is 13.9. The van der Waals surface area contributed by atoms with Crippen LogP contribution in [0.3, 0.4) is 0 Å². The van der Waals surface area contributed by atoms with Crippen molar-refractivity contribution in [2.45, 2.75) is 33.4 Å². The van der Waals surface area contributed by atoms with Crippen LogP contribution < -0.4 is 5.32 Å². The van der Waals surface area contributed by atoms with Gasteiger partial charge in [-0.15, -0.1) is 0 Å². The predicted octanol–water partition coefficient (Wildman–Crippen LogP) is 4.55. The van der Waals surface area contributed by atoms with Gasteiger partial charge in [-0.3, -0.25) is 4.40 Å². The fourth-order valence-electron chi connectivity index (χ4n) is 3.17. The van der Waals surface area contributed by atoms with Crippen molar-refractivity contribution in [3.05, 3.63) is 66.2 Å². The summed E-state index contributed by atoms with van der Waals surface area (Å²) in [6.07, 6.45) is 3.58. The van der Waals surface area contributed by atoms with Crippen LogP contribution in [0.4, 0.5) is 10.3 Å². The maximum Gasteiger partial charge on any atom is 0.223 e. The van der Waals surface area contributed by atoms with E-state index in [1.165, 1.54) is 12.1 Å². The fraction of sp³-hybridized carbons (Fsp3) is 0.261. The third-order valence-electron chi connectivity index (χ3n) is 5.25. The molecule has 0 fully saturated rings. The molecular formula is C23H24FN5O. The number of aliphatic hydroxyl groups excluding tert-OH is 1. The van der Waals surface area contributed by atoms with Crippen LogP contribution in [0.1, 0.15) is 26.3 Å². The molecule has 0 aliphatic carbocycles. The molecule has 0 aliphatic heterocycles. The summed E-state index contributed by atoms with van der Waals surface area (Å²) in [5, 5.41) is 12.8. The van der Waals surface area contributed by atoms with Gasteiger partial charge in [0.15, 0.2) is 0 Å². The van der Waals surface area contributed by atoms with E-state index in [1.807, 2.05) is 28.8 Å². The summed E-state index contributed by atoms with van der Waals surface area (Å²) >= 11 is 0. The Morgan fingerprint density at radius 1 is 1.07 bits per heavy atom. The Bertz CT molecular complexity index is 1170. The SMILES string of the molecule is CC(C)[C@H](C)Nc1nccc(-c2c(-c3ccc(F)cc3)nc3cc(CO)ccn23)n1. The number of anilines is 1. The highest BCUT2D eigenvalue weighted by Crippen LogP contribution is 2.32. The summed E-state index contributed by atoms with van der Waals surface area (Å²) in [6, 6.07) is 12.0. The molecule has 4 aromatic rings. The van der Waals surface area contributed by atoms with Crippen molar-refractivity contribution >= 4 is 11.6 Å². The minimum atomic E-state index is -0.303. The van der Waals surface area contributed by atoms with Gasteiger partial charge in [0.2, 0.25) is 5.95 Å². The third kappa shape index (κ3) is 3.89. The average Bonchev–Trinajstić information content (AvgIpc) is 3.12. The zero-order valence-electron chi connectivity index (χ0n) is 17.2. The molecule has 0 bridgehead atoms. The lowest BCUT2D eigenvalue weighted by Gasteiger charge is -2.17. The topological polar surface area (TPSA) is 75.3 Å². The number of aliphatic hydroxyl groups is 1. The minimum absolute atomic E-state index is 0.0702. The normalized spacial score (nSPS) is 12.5. The second-order valence-electron chi connectivity index (χ2n) is 7.68. The van der Waals surface area contributed by atoms with E-state index >= 15 is 0 Å². The Balaban J connectivity index is 1.88. The quantitative estimate of drug-likeness (QED) is 0.492. The van der Waals surface area contributed by atoms with Gasteiger partial charge < -0.3 is 10.4 Å². The number of fused-ring (bicyclic) bond motifs is 1. The molecule has 1 atom stereocenters. The number of rotatable bonds is 6. The Hall–Kier alpha value is -3.32. The summed E-state index contributed by atoms with van der Waals surface area (Å²) in [5.74, 6) is 0.670. The van der Waals surface area contributed by atoms with E-state index in [0.717, 1.165) is 16.8 Å². The van der Waals surface area contributed by atoms with E-state index in [-0.39, 0.29) is 18.5 Å². The largest absolute Gasteiger partial charge is 0.392 e. The number of hydrogen-bond acceptors (Lipinski definition) is 5. The van der Waals surface area contributed by atoms with Crippen molar-refractivity contribution in [3.63, 3.8) is 0 Å². The second-order valence-corrected chi connectivity index (χ2v) is 7.68. The van der Waals surface area contributed by atoms with E-state index < -0.39 is 0 Å². The Morgan fingerprint density at radius 2 is 1.83 bits per heavy atom. The average molecular weight is 405 g/mol. The number of hydrogen-bond donors (Lipinski definition) is 2. The predicted molar refractivity (Wildman–Crippen MR) is 115 cm³/mol. The molecule has 0 unspecified atom stereocenters. The van der Waals surface area contributed by atoms with Crippen LogP contribution in [0.25, 0.3) is 28.3 Å². The van der Waals surface area contributed by atoms with Crippen molar-refractivity contribution in [1.82, 2.24) is 19.4 Å². The van der Waals surface area contributed by atoms with Gasteiger partial charge in [0.25, 0.3) is 0 Å². The van der Waals surface area contributed by atoms with Crippen LogP contribution in [0.15, 0.2) is 54.9 Å². The Kier molecular flexibility index (Phi) is 5.46. The molecule has 4 rings (SSSR count). The highest BCUT2D eigenvalue weighted by Gasteiger charge is 2.19. The molecule has 154 valence electrons. The molecule has 7 heteroatoms. The molecule has 1 aromatic carbocycles. The zero-order chi connectivity index (χ0) is 21.3. The molecule has 0 spiro atoms. The molecule has 30 heavy (non-hydrogen) atoms. The van der Waals surface area contributed by atoms with Gasteiger partial charge in [-0.1, -0.05) is 13.8 Å². The van der Waals surface area contributed by atoms with Crippen molar-refractivity contribution in [2.75, 3.05) is 5.32 Å². The number of nitrogens with one attached hydrogen (secondary N) is 1. The first-order valence-electron chi connectivity index (χ1n) is 9.94. The van der Waals surface area contributed by atoms with Gasteiger partial charge in [0.05, 0.1) is 23.7 Å². The van der Waals surface area contributed by atoms with Crippen LogP contribution in [0.5, 0.6) is 0 Å². The lowest BCUT2D eigenvalue weighted by molar-refractivity contribution is 0.282. The van der Waals surface area contributed by atoms with Gasteiger partial charge in [-0.2, -0.15) is 0 Å². The maximum atomic E-state index is 13.5. The van der Waals surface area contributed by atoms with Crippen molar-refractivity contribution in [2.24, 2.45) is 5.92 Å². The summed E-state index contributed by atoms with van der Waals surface area (Å²) in [6.45, 7) is 6.29. The summed E-state index contributed by atoms with van der Waals surface area (Å²) in [7, 11) is 0. The van der Waals surface area contributed by atoms with Crippen molar-refractivity contribution in [1.29, 1.82) is 0 Å². The van der Waals surface area contributed by atoms with E-state index in [9.17, 15) is 9.50 Å². The van der Waals surface area contributed by atoms with Crippen LogP contribution >= 0.6 is 0 Å². The fourth-order valence-corrected chi connectivity index (χ4v) is 3.17. The van der Waals surface area contributed by atoms with E-state index in [2.05, 4.69) is 31.1 Å². The van der Waals surface area contributed by atoms with Gasteiger partial charge in [0, 0.05) is 24.0 Å². The van der Waals surface area contributed by atoms with Gasteiger partial charge in [0.1, 0.15) is 11.5 Å². The number of pyridine rings is 1.